The first-order valence-corrected chi connectivity index (χ1v) is 5.51. The summed E-state index contributed by atoms with van der Waals surface area (Å²) in [7, 11) is 0. The first-order valence-electron chi connectivity index (χ1n) is 5.51. The molecule has 1 fully saturated rings. The van der Waals surface area contributed by atoms with Gasteiger partial charge in [0, 0.05) is 0 Å². The summed E-state index contributed by atoms with van der Waals surface area (Å²) in [5, 5.41) is 0. The quantitative estimate of drug-likeness (QED) is 0.488. The van der Waals surface area contributed by atoms with E-state index in [1.807, 2.05) is 0 Å². The Morgan fingerprint density at radius 3 is 2.31 bits per heavy atom. The molecule has 0 aromatic heterocycles. The molecule has 2 aliphatic carbocycles. The van der Waals surface area contributed by atoms with Gasteiger partial charge in [0.15, 0.2) is 0 Å². The molecule has 3 unspecified atom stereocenters. The Morgan fingerprint density at radius 2 is 1.62 bits per heavy atom. The van der Waals surface area contributed by atoms with Crippen LogP contribution < -0.4 is 0 Å². The predicted octanol–water partition coefficient (Wildman–Crippen LogP) is 4.19. The van der Waals surface area contributed by atoms with E-state index in [4.69, 9.17) is 0 Å². The molecule has 0 aliphatic heterocycles. The van der Waals surface area contributed by atoms with Crippen LogP contribution in [0.1, 0.15) is 39.0 Å². The lowest BCUT2D eigenvalue weighted by atomic mass is 9.70. The van der Waals surface area contributed by atoms with E-state index in [0.717, 1.165) is 17.8 Å². The Bertz CT molecular complexity index is 169. The zero-order valence-electron chi connectivity index (χ0n) is 8.84. The van der Waals surface area contributed by atoms with Crippen LogP contribution in [0.15, 0.2) is 25.3 Å². The van der Waals surface area contributed by atoms with Crippen molar-refractivity contribution in [2.24, 2.45) is 17.8 Å². The highest BCUT2D eigenvalue weighted by atomic mass is 14.3. The van der Waals surface area contributed by atoms with Gasteiger partial charge >= 0.3 is 0 Å². The molecule has 2 aliphatic rings. The number of hydrogen-bond acceptors (Lipinski definition) is 0. The lowest BCUT2D eigenvalue weighted by Crippen LogP contribution is -2.24. The molecule has 74 valence electrons. The number of fused-ring (bicyclic) bond motifs is 1. The molecule has 0 aromatic carbocycles. The van der Waals surface area contributed by atoms with E-state index in [-0.39, 0.29) is 0 Å². The molecule has 0 spiro atoms. The van der Waals surface area contributed by atoms with E-state index in [9.17, 15) is 0 Å². The van der Waals surface area contributed by atoms with Crippen molar-refractivity contribution in [1.29, 1.82) is 0 Å². The van der Waals surface area contributed by atoms with Gasteiger partial charge in [0.1, 0.15) is 0 Å². The summed E-state index contributed by atoms with van der Waals surface area (Å²) in [4.78, 5) is 0. The summed E-state index contributed by atoms with van der Waals surface area (Å²) < 4.78 is 0. The third kappa shape index (κ3) is 2.72. The SMILES string of the molecule is C=C.CC1CCC2CC=CCC2C1. The third-order valence-corrected chi connectivity index (χ3v) is 3.45. The second-order valence-corrected chi connectivity index (χ2v) is 4.38. The zero-order chi connectivity index (χ0) is 9.68. The fourth-order valence-electron chi connectivity index (χ4n) is 2.70. The molecule has 0 saturated heterocycles. The van der Waals surface area contributed by atoms with Crippen LogP contribution in [0.3, 0.4) is 0 Å². The Hall–Kier alpha value is -0.520. The summed E-state index contributed by atoms with van der Waals surface area (Å²) in [6.07, 6.45) is 12.0. The highest BCUT2D eigenvalue weighted by Crippen LogP contribution is 2.39. The molecule has 0 bridgehead atoms. The van der Waals surface area contributed by atoms with Crippen LogP contribution in [0.5, 0.6) is 0 Å². The van der Waals surface area contributed by atoms with Crippen molar-refractivity contribution < 1.29 is 0 Å². The molecule has 0 N–H and O–H groups in total. The van der Waals surface area contributed by atoms with Gasteiger partial charge in [0.05, 0.1) is 0 Å². The maximum Gasteiger partial charge on any atom is -0.0319 e. The minimum atomic E-state index is 1.00. The molecule has 2 rings (SSSR count). The van der Waals surface area contributed by atoms with Gasteiger partial charge in [0.2, 0.25) is 0 Å². The fraction of sp³-hybridized carbons (Fsp3) is 0.692. The van der Waals surface area contributed by atoms with Gasteiger partial charge in [-0.1, -0.05) is 25.5 Å². The van der Waals surface area contributed by atoms with Crippen molar-refractivity contribution in [3.05, 3.63) is 25.3 Å². The average Bonchev–Trinajstić information content (AvgIpc) is 2.21. The van der Waals surface area contributed by atoms with Crippen molar-refractivity contribution in [3.63, 3.8) is 0 Å². The number of rotatable bonds is 0. The van der Waals surface area contributed by atoms with Crippen molar-refractivity contribution in [3.8, 4) is 0 Å². The fourth-order valence-corrected chi connectivity index (χ4v) is 2.70. The highest BCUT2D eigenvalue weighted by molar-refractivity contribution is 4.96. The third-order valence-electron chi connectivity index (χ3n) is 3.45. The maximum atomic E-state index is 3.00. The van der Waals surface area contributed by atoms with Gasteiger partial charge in [-0.15, -0.1) is 13.2 Å². The topological polar surface area (TPSA) is 0 Å². The van der Waals surface area contributed by atoms with E-state index in [1.165, 1.54) is 32.1 Å². The Kier molecular flexibility index (Phi) is 4.27. The molecule has 13 heavy (non-hydrogen) atoms. The van der Waals surface area contributed by atoms with E-state index in [1.54, 1.807) is 0 Å². The number of hydrogen-bond donors (Lipinski definition) is 0. The van der Waals surface area contributed by atoms with Crippen molar-refractivity contribution in [1.82, 2.24) is 0 Å². The standard InChI is InChI=1S/C11H18.C2H4/c1-9-6-7-10-4-2-3-5-11(10)8-9;1-2/h2-3,9-11H,4-8H2,1H3;1-2H2. The molecular weight excluding hydrogens is 156 g/mol. The normalized spacial score (nSPS) is 37.2. The first kappa shape index (κ1) is 10.6. The predicted molar refractivity (Wildman–Crippen MR) is 59.6 cm³/mol. The highest BCUT2D eigenvalue weighted by Gasteiger charge is 2.28. The van der Waals surface area contributed by atoms with E-state index in [0.29, 0.717) is 0 Å². The van der Waals surface area contributed by atoms with E-state index in [2.05, 4.69) is 32.2 Å². The van der Waals surface area contributed by atoms with Gasteiger partial charge in [-0.05, 0) is 43.4 Å². The maximum absolute atomic E-state index is 3.00. The summed E-state index contributed by atoms with van der Waals surface area (Å²) in [5.41, 5.74) is 0. The molecule has 3 atom stereocenters. The minimum Gasteiger partial charge on any atom is -0.106 e. The minimum absolute atomic E-state index is 1.00. The number of allylic oxidation sites excluding steroid dienone is 2. The summed E-state index contributed by atoms with van der Waals surface area (Å²) in [6, 6.07) is 0. The average molecular weight is 178 g/mol. The van der Waals surface area contributed by atoms with Crippen molar-refractivity contribution in [2.45, 2.75) is 39.0 Å². The van der Waals surface area contributed by atoms with E-state index < -0.39 is 0 Å². The van der Waals surface area contributed by atoms with Crippen LogP contribution in [0.2, 0.25) is 0 Å². The molecule has 0 amide bonds. The van der Waals surface area contributed by atoms with Gasteiger partial charge in [-0.3, -0.25) is 0 Å². The van der Waals surface area contributed by atoms with Crippen LogP contribution in [-0.2, 0) is 0 Å². The summed E-state index contributed by atoms with van der Waals surface area (Å²) >= 11 is 0. The monoisotopic (exact) mass is 178 g/mol. The van der Waals surface area contributed by atoms with Crippen LogP contribution >= 0.6 is 0 Å². The molecule has 0 nitrogen and oxygen atoms in total. The summed E-state index contributed by atoms with van der Waals surface area (Å²) in [5.74, 6) is 3.10. The molecule has 1 saturated carbocycles. The van der Waals surface area contributed by atoms with Gasteiger partial charge in [-0.25, -0.2) is 0 Å². The van der Waals surface area contributed by atoms with Gasteiger partial charge in [-0.2, -0.15) is 0 Å². The lowest BCUT2D eigenvalue weighted by molar-refractivity contribution is 0.185. The van der Waals surface area contributed by atoms with Crippen molar-refractivity contribution >= 4 is 0 Å². The smallest absolute Gasteiger partial charge is 0.0319 e. The first-order chi connectivity index (χ1) is 6.36. The van der Waals surface area contributed by atoms with Crippen molar-refractivity contribution in [2.75, 3.05) is 0 Å². The largest absolute Gasteiger partial charge is 0.106 e. The summed E-state index contributed by atoms with van der Waals surface area (Å²) in [6.45, 7) is 8.41. The molecule has 0 heterocycles. The molecule has 0 heteroatoms. The Morgan fingerprint density at radius 1 is 1.00 bits per heavy atom. The van der Waals surface area contributed by atoms with E-state index >= 15 is 0 Å². The second-order valence-electron chi connectivity index (χ2n) is 4.38. The Labute approximate surface area is 82.7 Å². The van der Waals surface area contributed by atoms with Gasteiger partial charge < -0.3 is 0 Å². The molecular formula is C13H22. The zero-order valence-corrected chi connectivity index (χ0v) is 8.84. The second kappa shape index (κ2) is 5.26. The Balaban J connectivity index is 0.000000396. The van der Waals surface area contributed by atoms with Crippen LogP contribution in [0, 0.1) is 17.8 Å². The van der Waals surface area contributed by atoms with Gasteiger partial charge in [0.25, 0.3) is 0 Å². The molecule has 0 aromatic rings. The van der Waals surface area contributed by atoms with Crippen LogP contribution in [0.25, 0.3) is 0 Å². The molecule has 0 radical (unpaired) electrons. The van der Waals surface area contributed by atoms with Crippen LogP contribution in [-0.4, -0.2) is 0 Å². The van der Waals surface area contributed by atoms with Crippen LogP contribution in [0.4, 0.5) is 0 Å². The lowest BCUT2D eigenvalue weighted by Gasteiger charge is -2.35.